The highest BCUT2D eigenvalue weighted by Gasteiger charge is 2.09. The van der Waals surface area contributed by atoms with E-state index in [2.05, 4.69) is 22.0 Å². The molecule has 0 aliphatic rings. The van der Waals surface area contributed by atoms with Gasteiger partial charge >= 0.3 is 6.03 Å². The highest BCUT2D eigenvalue weighted by atomic mass is 16.5. The van der Waals surface area contributed by atoms with Gasteiger partial charge in [-0.15, -0.1) is 0 Å². The average molecular weight is 443 g/mol. The lowest BCUT2D eigenvalue weighted by molar-refractivity contribution is 0.0950. The first-order valence-corrected chi connectivity index (χ1v) is 10.6. The molecule has 7 nitrogen and oxygen atoms in total. The van der Waals surface area contributed by atoms with Gasteiger partial charge in [0.1, 0.15) is 12.4 Å². The first-order chi connectivity index (χ1) is 15.9. The molecule has 0 aliphatic carbocycles. The van der Waals surface area contributed by atoms with Crippen LogP contribution in [0.2, 0.25) is 0 Å². The Hall–Kier alpha value is -4.31. The number of urea groups is 1. The number of nitriles is 1. The predicted molar refractivity (Wildman–Crippen MR) is 127 cm³/mol. The van der Waals surface area contributed by atoms with E-state index in [1.54, 1.807) is 48.5 Å². The smallest absolute Gasteiger partial charge is 0.319 e. The van der Waals surface area contributed by atoms with Crippen LogP contribution in [0.25, 0.3) is 0 Å². The van der Waals surface area contributed by atoms with Crippen molar-refractivity contribution in [2.45, 2.75) is 33.0 Å². The first-order valence-electron chi connectivity index (χ1n) is 10.6. The van der Waals surface area contributed by atoms with E-state index in [-0.39, 0.29) is 24.6 Å². The molecule has 0 bridgehead atoms. The van der Waals surface area contributed by atoms with Gasteiger partial charge in [0, 0.05) is 29.4 Å². The zero-order chi connectivity index (χ0) is 23.6. The summed E-state index contributed by atoms with van der Waals surface area (Å²) in [4.78, 5) is 24.3. The standard InChI is InChI=1S/C26H26N4O3/c1-18(2)29-26(32)30-23-12-10-19(11-13-23)16-28-25(31)20-8-5-9-24(14-20)33-17-22-7-4-3-6-21(22)15-27/h3-14,18H,16-17H2,1-2H3,(H,28,31)(H2,29,30,32). The molecule has 3 N–H and O–H groups in total. The number of ether oxygens (including phenoxy) is 1. The quantitative estimate of drug-likeness (QED) is 0.474. The molecule has 0 saturated carbocycles. The Kier molecular flexibility index (Phi) is 8.03. The monoisotopic (exact) mass is 442 g/mol. The maximum atomic E-state index is 12.6. The SMILES string of the molecule is CC(C)NC(=O)Nc1ccc(CNC(=O)c2cccc(OCc3ccccc3C#N)c2)cc1. The van der Waals surface area contributed by atoms with Crippen molar-refractivity contribution in [2.24, 2.45) is 0 Å². The zero-order valence-electron chi connectivity index (χ0n) is 18.6. The molecule has 0 saturated heterocycles. The highest BCUT2D eigenvalue weighted by Crippen LogP contribution is 2.17. The normalized spacial score (nSPS) is 10.2. The Labute approximate surface area is 193 Å². The van der Waals surface area contributed by atoms with E-state index in [0.717, 1.165) is 11.1 Å². The predicted octanol–water partition coefficient (Wildman–Crippen LogP) is 4.60. The molecule has 3 rings (SSSR count). The number of amides is 3. The number of carbonyl (C=O) groups excluding carboxylic acids is 2. The number of hydrogen-bond donors (Lipinski definition) is 3. The summed E-state index contributed by atoms with van der Waals surface area (Å²) in [6, 6.07) is 23.4. The van der Waals surface area contributed by atoms with Crippen LogP contribution < -0.4 is 20.7 Å². The van der Waals surface area contributed by atoms with Gasteiger partial charge in [0.05, 0.1) is 11.6 Å². The lowest BCUT2D eigenvalue weighted by Gasteiger charge is -2.11. The van der Waals surface area contributed by atoms with Crippen LogP contribution >= 0.6 is 0 Å². The van der Waals surface area contributed by atoms with Crippen LogP contribution in [0.4, 0.5) is 10.5 Å². The molecule has 0 radical (unpaired) electrons. The number of carbonyl (C=O) groups is 2. The summed E-state index contributed by atoms with van der Waals surface area (Å²) in [5.41, 5.74) is 3.40. The second kappa shape index (κ2) is 11.3. The van der Waals surface area contributed by atoms with E-state index < -0.39 is 0 Å². The Morgan fingerprint density at radius 2 is 1.76 bits per heavy atom. The third-order valence-electron chi connectivity index (χ3n) is 4.71. The Bertz CT molecular complexity index is 1150. The Morgan fingerprint density at radius 3 is 2.48 bits per heavy atom. The van der Waals surface area contributed by atoms with Crippen molar-refractivity contribution in [3.63, 3.8) is 0 Å². The summed E-state index contributed by atoms with van der Waals surface area (Å²) >= 11 is 0. The molecule has 7 heteroatoms. The molecule has 33 heavy (non-hydrogen) atoms. The van der Waals surface area contributed by atoms with Crippen LogP contribution in [-0.2, 0) is 13.2 Å². The molecule has 0 aliphatic heterocycles. The second-order valence-electron chi connectivity index (χ2n) is 7.72. The fourth-order valence-corrected chi connectivity index (χ4v) is 3.06. The van der Waals surface area contributed by atoms with Gasteiger partial charge in [-0.1, -0.05) is 36.4 Å². The van der Waals surface area contributed by atoms with Gasteiger partial charge in [-0.05, 0) is 55.8 Å². The Balaban J connectivity index is 1.53. The molecule has 0 spiro atoms. The second-order valence-corrected chi connectivity index (χ2v) is 7.72. The molecular weight excluding hydrogens is 416 g/mol. The van der Waals surface area contributed by atoms with Crippen LogP contribution in [0, 0.1) is 11.3 Å². The summed E-state index contributed by atoms with van der Waals surface area (Å²) < 4.78 is 5.79. The largest absolute Gasteiger partial charge is 0.489 e. The minimum Gasteiger partial charge on any atom is -0.489 e. The minimum atomic E-state index is -0.260. The third kappa shape index (κ3) is 7.11. The topological polar surface area (TPSA) is 103 Å². The minimum absolute atomic E-state index is 0.0525. The molecule has 3 aromatic rings. The van der Waals surface area contributed by atoms with Crippen molar-refractivity contribution >= 4 is 17.6 Å². The summed E-state index contributed by atoms with van der Waals surface area (Å²) in [6.07, 6.45) is 0. The Morgan fingerprint density at radius 1 is 1.00 bits per heavy atom. The van der Waals surface area contributed by atoms with Crippen LogP contribution in [0.5, 0.6) is 5.75 Å². The highest BCUT2D eigenvalue weighted by molar-refractivity contribution is 5.94. The van der Waals surface area contributed by atoms with Gasteiger partial charge in [0.25, 0.3) is 5.91 Å². The van der Waals surface area contributed by atoms with Crippen LogP contribution in [0.1, 0.15) is 40.9 Å². The number of nitrogens with zero attached hydrogens (tertiary/aromatic N) is 1. The molecule has 3 aromatic carbocycles. The molecule has 0 heterocycles. The number of nitrogens with one attached hydrogen (secondary N) is 3. The van der Waals surface area contributed by atoms with Crippen LogP contribution in [0.15, 0.2) is 72.8 Å². The number of hydrogen-bond acceptors (Lipinski definition) is 4. The summed E-state index contributed by atoms with van der Waals surface area (Å²) in [5.74, 6) is 0.321. The van der Waals surface area contributed by atoms with E-state index in [1.165, 1.54) is 0 Å². The summed E-state index contributed by atoms with van der Waals surface area (Å²) in [5, 5.41) is 17.6. The number of benzene rings is 3. The van der Waals surface area contributed by atoms with Crippen LogP contribution in [0.3, 0.4) is 0 Å². The van der Waals surface area contributed by atoms with Crippen molar-refractivity contribution in [1.29, 1.82) is 5.26 Å². The maximum absolute atomic E-state index is 12.6. The van der Waals surface area contributed by atoms with Crippen LogP contribution in [-0.4, -0.2) is 18.0 Å². The van der Waals surface area contributed by atoms with Gasteiger partial charge in [-0.25, -0.2) is 4.79 Å². The van der Waals surface area contributed by atoms with Crippen molar-refractivity contribution in [3.8, 4) is 11.8 Å². The lowest BCUT2D eigenvalue weighted by atomic mass is 10.1. The van der Waals surface area contributed by atoms with Gasteiger partial charge < -0.3 is 20.7 Å². The molecule has 0 fully saturated rings. The van der Waals surface area contributed by atoms with E-state index >= 15 is 0 Å². The van der Waals surface area contributed by atoms with Gasteiger partial charge in [-0.2, -0.15) is 5.26 Å². The molecule has 0 atom stereocenters. The van der Waals surface area contributed by atoms with Crippen molar-refractivity contribution in [2.75, 3.05) is 5.32 Å². The zero-order valence-corrected chi connectivity index (χ0v) is 18.6. The van der Waals surface area contributed by atoms with Crippen molar-refractivity contribution < 1.29 is 14.3 Å². The fourth-order valence-electron chi connectivity index (χ4n) is 3.06. The molecule has 0 unspecified atom stereocenters. The third-order valence-corrected chi connectivity index (χ3v) is 4.71. The lowest BCUT2D eigenvalue weighted by Crippen LogP contribution is -2.34. The van der Waals surface area contributed by atoms with E-state index in [9.17, 15) is 14.9 Å². The molecule has 0 aromatic heterocycles. The maximum Gasteiger partial charge on any atom is 0.319 e. The summed E-state index contributed by atoms with van der Waals surface area (Å²) in [7, 11) is 0. The molecule has 3 amide bonds. The van der Waals surface area contributed by atoms with Gasteiger partial charge in [0.2, 0.25) is 0 Å². The molecule has 168 valence electrons. The van der Waals surface area contributed by atoms with Gasteiger partial charge in [0.15, 0.2) is 0 Å². The van der Waals surface area contributed by atoms with Gasteiger partial charge in [-0.3, -0.25) is 4.79 Å². The van der Waals surface area contributed by atoms with E-state index in [0.29, 0.717) is 29.1 Å². The number of anilines is 1. The van der Waals surface area contributed by atoms with Crippen molar-refractivity contribution in [1.82, 2.24) is 10.6 Å². The van der Waals surface area contributed by atoms with Crippen molar-refractivity contribution in [3.05, 3.63) is 95.1 Å². The number of rotatable bonds is 8. The summed E-state index contributed by atoms with van der Waals surface area (Å²) in [6.45, 7) is 4.37. The first kappa shape index (κ1) is 23.4. The van der Waals surface area contributed by atoms with E-state index in [1.807, 2.05) is 38.1 Å². The van der Waals surface area contributed by atoms with E-state index in [4.69, 9.17) is 4.74 Å². The fraction of sp³-hybridized carbons (Fsp3) is 0.192. The average Bonchev–Trinajstić information content (AvgIpc) is 2.82. The molecular formula is C26H26N4O3.